The van der Waals surface area contributed by atoms with Gasteiger partial charge in [-0.25, -0.2) is 9.18 Å². The number of rotatable bonds is 5. The summed E-state index contributed by atoms with van der Waals surface area (Å²) in [5.41, 5.74) is 0.486. The van der Waals surface area contributed by atoms with Crippen molar-refractivity contribution in [3.63, 3.8) is 0 Å². The minimum absolute atomic E-state index is 0.000150. The molecule has 1 aromatic rings. The standard InChI is InChI=1S/C13H14ClFO3/c1-3-9(13(16)17-2)7-8-18-11-6-4-5-10(14)12(11)15/h4-7H,3,8H2,1-2H3/b9-7-. The number of hydrogen-bond donors (Lipinski definition) is 0. The molecule has 0 N–H and O–H groups in total. The Hall–Kier alpha value is -1.55. The van der Waals surface area contributed by atoms with Crippen molar-refractivity contribution in [1.82, 2.24) is 0 Å². The zero-order valence-corrected chi connectivity index (χ0v) is 11.0. The number of halogens is 2. The van der Waals surface area contributed by atoms with Crippen LogP contribution >= 0.6 is 11.6 Å². The highest BCUT2D eigenvalue weighted by Crippen LogP contribution is 2.24. The molecule has 3 nitrogen and oxygen atoms in total. The van der Waals surface area contributed by atoms with Gasteiger partial charge >= 0.3 is 5.97 Å². The van der Waals surface area contributed by atoms with Crippen LogP contribution < -0.4 is 4.74 Å². The van der Waals surface area contributed by atoms with Crippen LogP contribution in [0.3, 0.4) is 0 Å². The second kappa shape index (κ2) is 7.01. The van der Waals surface area contributed by atoms with E-state index < -0.39 is 11.8 Å². The van der Waals surface area contributed by atoms with Gasteiger partial charge in [-0.05, 0) is 24.6 Å². The molecule has 1 aromatic carbocycles. The van der Waals surface area contributed by atoms with E-state index in [9.17, 15) is 9.18 Å². The molecular formula is C13H14ClFO3. The Morgan fingerprint density at radius 2 is 2.22 bits per heavy atom. The number of carbonyl (C=O) groups excluding carboxylic acids is 1. The summed E-state index contributed by atoms with van der Waals surface area (Å²) in [6, 6.07) is 4.50. The second-order valence-corrected chi connectivity index (χ2v) is 3.84. The molecule has 0 fully saturated rings. The van der Waals surface area contributed by atoms with Crippen LogP contribution in [0, 0.1) is 5.82 Å². The third kappa shape index (κ3) is 3.74. The lowest BCUT2D eigenvalue weighted by Crippen LogP contribution is -2.06. The summed E-state index contributed by atoms with van der Waals surface area (Å²) in [5.74, 6) is -0.963. The molecule has 1 rings (SSSR count). The van der Waals surface area contributed by atoms with E-state index >= 15 is 0 Å². The maximum atomic E-state index is 13.5. The van der Waals surface area contributed by atoms with Crippen LogP contribution in [0.1, 0.15) is 13.3 Å². The Labute approximate surface area is 110 Å². The summed E-state index contributed by atoms with van der Waals surface area (Å²) in [5, 5.41) is 0.000150. The predicted molar refractivity (Wildman–Crippen MR) is 67.3 cm³/mol. The van der Waals surface area contributed by atoms with Crippen LogP contribution in [-0.2, 0) is 9.53 Å². The molecule has 0 saturated heterocycles. The molecule has 0 aliphatic rings. The molecule has 0 radical (unpaired) electrons. The van der Waals surface area contributed by atoms with Crippen molar-refractivity contribution in [3.05, 3.63) is 40.7 Å². The van der Waals surface area contributed by atoms with E-state index in [-0.39, 0.29) is 17.4 Å². The van der Waals surface area contributed by atoms with Gasteiger partial charge in [0, 0.05) is 5.57 Å². The lowest BCUT2D eigenvalue weighted by atomic mass is 10.2. The van der Waals surface area contributed by atoms with Crippen LogP contribution in [-0.4, -0.2) is 19.7 Å². The summed E-state index contributed by atoms with van der Waals surface area (Å²) >= 11 is 5.61. The third-order valence-electron chi connectivity index (χ3n) is 2.31. The van der Waals surface area contributed by atoms with Gasteiger partial charge in [0.2, 0.25) is 0 Å². The van der Waals surface area contributed by atoms with Crippen molar-refractivity contribution < 1.29 is 18.7 Å². The van der Waals surface area contributed by atoms with E-state index in [1.54, 1.807) is 12.1 Å². The highest BCUT2D eigenvalue weighted by molar-refractivity contribution is 6.30. The molecule has 98 valence electrons. The molecule has 0 amide bonds. The topological polar surface area (TPSA) is 35.5 Å². The van der Waals surface area contributed by atoms with Crippen LogP contribution in [0.4, 0.5) is 4.39 Å². The van der Waals surface area contributed by atoms with Gasteiger partial charge in [-0.2, -0.15) is 0 Å². The number of esters is 1. The fourth-order valence-corrected chi connectivity index (χ4v) is 1.50. The summed E-state index contributed by atoms with van der Waals surface area (Å²) in [7, 11) is 1.31. The quantitative estimate of drug-likeness (QED) is 0.609. The normalized spacial score (nSPS) is 11.2. The summed E-state index contributed by atoms with van der Waals surface area (Å²) in [6.07, 6.45) is 2.08. The van der Waals surface area contributed by atoms with Crippen molar-refractivity contribution in [2.75, 3.05) is 13.7 Å². The summed E-state index contributed by atoms with van der Waals surface area (Å²) in [6.45, 7) is 1.90. The van der Waals surface area contributed by atoms with Gasteiger partial charge in [0.25, 0.3) is 0 Å². The molecule has 0 aromatic heterocycles. The summed E-state index contributed by atoms with van der Waals surface area (Å²) < 4.78 is 23.3. The minimum atomic E-state index is -0.608. The number of carbonyl (C=O) groups is 1. The molecule has 0 unspecified atom stereocenters. The maximum absolute atomic E-state index is 13.5. The molecule has 5 heteroatoms. The van der Waals surface area contributed by atoms with E-state index in [2.05, 4.69) is 4.74 Å². The van der Waals surface area contributed by atoms with E-state index in [0.29, 0.717) is 12.0 Å². The molecule has 0 saturated carbocycles. The Balaban J connectivity index is 2.68. The van der Waals surface area contributed by atoms with Gasteiger partial charge in [0.1, 0.15) is 6.61 Å². The molecule has 0 spiro atoms. The molecular weight excluding hydrogens is 259 g/mol. The Kier molecular flexibility index (Phi) is 5.65. The van der Waals surface area contributed by atoms with Crippen molar-refractivity contribution in [2.45, 2.75) is 13.3 Å². The molecule has 0 aliphatic carbocycles. The number of methoxy groups -OCH3 is 1. The largest absolute Gasteiger partial charge is 0.486 e. The Morgan fingerprint density at radius 3 is 2.83 bits per heavy atom. The van der Waals surface area contributed by atoms with Crippen molar-refractivity contribution >= 4 is 17.6 Å². The average Bonchev–Trinajstić information content (AvgIpc) is 2.38. The van der Waals surface area contributed by atoms with Gasteiger partial charge < -0.3 is 9.47 Å². The second-order valence-electron chi connectivity index (χ2n) is 3.44. The maximum Gasteiger partial charge on any atom is 0.333 e. The average molecular weight is 273 g/mol. The fraction of sp³-hybridized carbons (Fsp3) is 0.308. The molecule has 18 heavy (non-hydrogen) atoms. The van der Waals surface area contributed by atoms with E-state index in [4.69, 9.17) is 16.3 Å². The van der Waals surface area contributed by atoms with E-state index in [1.807, 2.05) is 6.92 Å². The molecule has 0 aliphatic heterocycles. The lowest BCUT2D eigenvalue weighted by molar-refractivity contribution is -0.136. The van der Waals surface area contributed by atoms with Gasteiger partial charge in [-0.1, -0.05) is 24.6 Å². The van der Waals surface area contributed by atoms with Crippen LogP contribution in [0.25, 0.3) is 0 Å². The number of ether oxygens (including phenoxy) is 2. The van der Waals surface area contributed by atoms with Crippen LogP contribution in [0.15, 0.2) is 29.8 Å². The third-order valence-corrected chi connectivity index (χ3v) is 2.61. The molecule has 0 atom stereocenters. The van der Waals surface area contributed by atoms with Crippen LogP contribution in [0.5, 0.6) is 5.75 Å². The van der Waals surface area contributed by atoms with Crippen molar-refractivity contribution in [3.8, 4) is 5.75 Å². The first-order chi connectivity index (χ1) is 8.60. The van der Waals surface area contributed by atoms with E-state index in [0.717, 1.165) is 0 Å². The van der Waals surface area contributed by atoms with Gasteiger partial charge in [0.15, 0.2) is 11.6 Å². The zero-order valence-electron chi connectivity index (χ0n) is 10.2. The summed E-state index contributed by atoms with van der Waals surface area (Å²) in [4.78, 5) is 11.3. The zero-order chi connectivity index (χ0) is 13.5. The monoisotopic (exact) mass is 272 g/mol. The highest BCUT2D eigenvalue weighted by Gasteiger charge is 2.08. The van der Waals surface area contributed by atoms with Gasteiger partial charge in [0.05, 0.1) is 12.1 Å². The van der Waals surface area contributed by atoms with Gasteiger partial charge in [-0.3, -0.25) is 0 Å². The fourth-order valence-electron chi connectivity index (χ4n) is 1.33. The first-order valence-corrected chi connectivity index (χ1v) is 5.82. The van der Waals surface area contributed by atoms with E-state index in [1.165, 1.54) is 19.2 Å². The van der Waals surface area contributed by atoms with Gasteiger partial charge in [-0.15, -0.1) is 0 Å². The SMILES string of the molecule is CC/C(=C/COc1cccc(Cl)c1F)C(=O)OC. The smallest absolute Gasteiger partial charge is 0.333 e. The number of benzene rings is 1. The number of hydrogen-bond acceptors (Lipinski definition) is 3. The molecule has 0 bridgehead atoms. The highest BCUT2D eigenvalue weighted by atomic mass is 35.5. The Bertz CT molecular complexity index is 458. The minimum Gasteiger partial charge on any atom is -0.486 e. The van der Waals surface area contributed by atoms with Crippen molar-refractivity contribution in [1.29, 1.82) is 0 Å². The van der Waals surface area contributed by atoms with Crippen molar-refractivity contribution in [2.24, 2.45) is 0 Å². The predicted octanol–water partition coefficient (Wildman–Crippen LogP) is 3.37. The Morgan fingerprint density at radius 1 is 1.50 bits per heavy atom. The first kappa shape index (κ1) is 14.5. The molecule has 0 heterocycles. The van der Waals surface area contributed by atoms with Crippen LogP contribution in [0.2, 0.25) is 5.02 Å². The first-order valence-electron chi connectivity index (χ1n) is 5.44. The lowest BCUT2D eigenvalue weighted by Gasteiger charge is -2.06.